The van der Waals surface area contributed by atoms with Crippen molar-refractivity contribution >= 4 is 10.0 Å². The summed E-state index contributed by atoms with van der Waals surface area (Å²) < 4.78 is 28.4. The van der Waals surface area contributed by atoms with Crippen molar-refractivity contribution in [3.8, 4) is 0 Å². The van der Waals surface area contributed by atoms with Crippen molar-refractivity contribution in [2.24, 2.45) is 7.05 Å². The minimum Gasteiger partial charge on any atom is -0.315 e. The molecule has 100 valence electrons. The summed E-state index contributed by atoms with van der Waals surface area (Å²) in [5.41, 5.74) is 0. The van der Waals surface area contributed by atoms with Crippen LogP contribution in [-0.2, 0) is 17.1 Å². The van der Waals surface area contributed by atoms with E-state index >= 15 is 0 Å². The monoisotopic (exact) mass is 271 g/mol. The average molecular weight is 271 g/mol. The number of aromatic nitrogens is 3. The van der Waals surface area contributed by atoms with Crippen molar-refractivity contribution in [2.75, 3.05) is 13.1 Å². The molecule has 7 nitrogen and oxygen atoms in total. The second-order valence-electron chi connectivity index (χ2n) is 4.91. The molecule has 0 aromatic carbocycles. The Balaban J connectivity index is 1.96. The third-order valence-electron chi connectivity index (χ3n) is 3.52. The van der Waals surface area contributed by atoms with Crippen LogP contribution in [0.4, 0.5) is 0 Å². The van der Waals surface area contributed by atoms with Gasteiger partial charge in [0.2, 0.25) is 0 Å². The van der Waals surface area contributed by atoms with E-state index in [1.54, 1.807) is 11.4 Å². The number of nitrogens with one attached hydrogen (secondary N) is 1. The summed E-state index contributed by atoms with van der Waals surface area (Å²) in [5, 5.41) is 10.8. The molecule has 1 aromatic rings. The number of rotatable bonds is 4. The Kier molecular flexibility index (Phi) is 2.87. The zero-order valence-electron chi connectivity index (χ0n) is 10.3. The van der Waals surface area contributed by atoms with Crippen LogP contribution in [0.1, 0.15) is 19.3 Å². The van der Waals surface area contributed by atoms with Crippen LogP contribution in [-0.4, -0.2) is 52.9 Å². The van der Waals surface area contributed by atoms with Gasteiger partial charge in [0.15, 0.2) is 5.03 Å². The summed E-state index contributed by atoms with van der Waals surface area (Å²) in [6.07, 6.45) is 4.12. The van der Waals surface area contributed by atoms with E-state index in [0.717, 1.165) is 32.4 Å². The lowest BCUT2D eigenvalue weighted by Crippen LogP contribution is -2.43. The van der Waals surface area contributed by atoms with Crippen LogP contribution in [0.25, 0.3) is 0 Å². The zero-order valence-corrected chi connectivity index (χ0v) is 11.1. The van der Waals surface area contributed by atoms with E-state index in [4.69, 9.17) is 0 Å². The van der Waals surface area contributed by atoms with Gasteiger partial charge < -0.3 is 5.32 Å². The molecule has 1 aromatic heterocycles. The molecule has 0 bridgehead atoms. The van der Waals surface area contributed by atoms with E-state index in [1.165, 1.54) is 10.9 Å². The van der Waals surface area contributed by atoms with E-state index in [1.807, 2.05) is 0 Å². The Labute approximate surface area is 106 Å². The van der Waals surface area contributed by atoms with Gasteiger partial charge in [-0.2, -0.15) is 4.31 Å². The van der Waals surface area contributed by atoms with Gasteiger partial charge >= 0.3 is 0 Å². The summed E-state index contributed by atoms with van der Waals surface area (Å²) >= 11 is 0. The van der Waals surface area contributed by atoms with Gasteiger partial charge in [-0.05, 0) is 25.8 Å². The number of hydrogen-bond donors (Lipinski definition) is 1. The smallest absolute Gasteiger partial charge is 0.262 e. The molecule has 1 saturated carbocycles. The molecule has 1 aliphatic carbocycles. The average Bonchev–Trinajstić information content (AvgIpc) is 2.81. The van der Waals surface area contributed by atoms with Crippen LogP contribution in [0.5, 0.6) is 0 Å². The van der Waals surface area contributed by atoms with Crippen molar-refractivity contribution in [3.05, 3.63) is 6.20 Å². The topological polar surface area (TPSA) is 80.1 Å². The molecule has 2 aliphatic rings. The van der Waals surface area contributed by atoms with Gasteiger partial charge in [0, 0.05) is 25.7 Å². The molecule has 3 rings (SSSR count). The molecule has 1 saturated heterocycles. The lowest BCUT2D eigenvalue weighted by Gasteiger charge is -2.27. The Morgan fingerprint density at radius 2 is 2.17 bits per heavy atom. The summed E-state index contributed by atoms with van der Waals surface area (Å²) in [7, 11) is -1.87. The Morgan fingerprint density at radius 3 is 2.67 bits per heavy atom. The maximum atomic E-state index is 12.7. The van der Waals surface area contributed by atoms with Gasteiger partial charge in [0.25, 0.3) is 10.0 Å². The number of nitrogens with zero attached hydrogens (tertiary/aromatic N) is 4. The maximum Gasteiger partial charge on any atom is 0.262 e. The summed E-state index contributed by atoms with van der Waals surface area (Å²) in [6, 6.07) is 0.229. The number of aryl methyl sites for hydroxylation is 1. The van der Waals surface area contributed by atoms with E-state index < -0.39 is 10.0 Å². The van der Waals surface area contributed by atoms with E-state index in [0.29, 0.717) is 0 Å². The highest BCUT2D eigenvalue weighted by molar-refractivity contribution is 7.89. The molecule has 2 heterocycles. The van der Waals surface area contributed by atoms with Crippen LogP contribution in [0.2, 0.25) is 0 Å². The Hall–Kier alpha value is -0.990. The molecule has 1 unspecified atom stereocenters. The van der Waals surface area contributed by atoms with Gasteiger partial charge in [-0.15, -0.1) is 5.10 Å². The fourth-order valence-electron chi connectivity index (χ4n) is 2.50. The quantitative estimate of drug-likeness (QED) is 0.785. The first kappa shape index (κ1) is 12.1. The van der Waals surface area contributed by atoms with Gasteiger partial charge in [0.05, 0.1) is 6.20 Å². The fourth-order valence-corrected chi connectivity index (χ4v) is 4.44. The molecule has 0 amide bonds. The maximum absolute atomic E-state index is 12.7. The minimum absolute atomic E-state index is 0.0670. The minimum atomic E-state index is -3.48. The highest BCUT2D eigenvalue weighted by Gasteiger charge is 2.44. The first-order chi connectivity index (χ1) is 8.60. The Morgan fingerprint density at radius 1 is 1.39 bits per heavy atom. The summed E-state index contributed by atoms with van der Waals surface area (Å²) in [6.45, 7) is 1.62. The lowest BCUT2D eigenvalue weighted by molar-refractivity contribution is 0.324. The first-order valence-electron chi connectivity index (χ1n) is 6.19. The molecule has 1 atom stereocenters. The van der Waals surface area contributed by atoms with Crippen LogP contribution in [0.15, 0.2) is 11.2 Å². The third-order valence-corrected chi connectivity index (χ3v) is 5.57. The highest BCUT2D eigenvalue weighted by atomic mass is 32.2. The predicted molar refractivity (Wildman–Crippen MR) is 64.3 cm³/mol. The molecule has 2 fully saturated rings. The SMILES string of the molecule is Cn1nncc1S(=O)(=O)N(C1CC1)C1CCNC1. The third kappa shape index (κ3) is 1.94. The standard InChI is InChI=1S/C10H17N5O2S/c1-14-10(7-12-13-14)18(16,17)15(8-2-3-8)9-4-5-11-6-9/h7-9,11H,2-6H2,1H3. The second-order valence-corrected chi connectivity index (χ2v) is 6.70. The highest BCUT2D eigenvalue weighted by Crippen LogP contribution is 2.34. The number of hydrogen-bond acceptors (Lipinski definition) is 5. The van der Waals surface area contributed by atoms with Gasteiger partial charge in [-0.25, -0.2) is 13.1 Å². The largest absolute Gasteiger partial charge is 0.315 e. The zero-order chi connectivity index (χ0) is 12.8. The fraction of sp³-hybridized carbons (Fsp3) is 0.800. The Bertz CT molecular complexity index is 530. The molecule has 1 aliphatic heterocycles. The molecule has 8 heteroatoms. The molecule has 18 heavy (non-hydrogen) atoms. The lowest BCUT2D eigenvalue weighted by atomic mass is 10.2. The van der Waals surface area contributed by atoms with Crippen molar-refractivity contribution in [3.63, 3.8) is 0 Å². The number of sulfonamides is 1. The molecule has 0 spiro atoms. The van der Waals surface area contributed by atoms with Crippen molar-refractivity contribution < 1.29 is 8.42 Å². The van der Waals surface area contributed by atoms with Gasteiger partial charge in [-0.1, -0.05) is 5.21 Å². The van der Waals surface area contributed by atoms with Crippen LogP contribution in [0.3, 0.4) is 0 Å². The predicted octanol–water partition coefficient (Wildman–Crippen LogP) is -0.670. The molecular weight excluding hydrogens is 254 g/mol. The first-order valence-corrected chi connectivity index (χ1v) is 7.63. The van der Waals surface area contributed by atoms with Crippen molar-refractivity contribution in [2.45, 2.75) is 36.4 Å². The summed E-state index contributed by atoms with van der Waals surface area (Å²) in [5.74, 6) is 0. The van der Waals surface area contributed by atoms with Gasteiger partial charge in [-0.3, -0.25) is 0 Å². The van der Waals surface area contributed by atoms with Crippen LogP contribution in [0, 0.1) is 0 Å². The molecule has 1 N–H and O–H groups in total. The van der Waals surface area contributed by atoms with Crippen molar-refractivity contribution in [1.29, 1.82) is 0 Å². The van der Waals surface area contributed by atoms with E-state index in [9.17, 15) is 8.42 Å². The second kappa shape index (κ2) is 4.29. The van der Waals surface area contributed by atoms with E-state index in [2.05, 4.69) is 15.6 Å². The van der Waals surface area contributed by atoms with Gasteiger partial charge in [0.1, 0.15) is 0 Å². The summed E-state index contributed by atoms with van der Waals surface area (Å²) in [4.78, 5) is 0. The molecular formula is C10H17N5O2S. The van der Waals surface area contributed by atoms with E-state index in [-0.39, 0.29) is 17.1 Å². The molecule has 0 radical (unpaired) electrons. The van der Waals surface area contributed by atoms with Crippen LogP contribution < -0.4 is 5.32 Å². The van der Waals surface area contributed by atoms with Crippen molar-refractivity contribution in [1.82, 2.24) is 24.6 Å². The normalized spacial score (nSPS) is 24.9. The van der Waals surface area contributed by atoms with Crippen LogP contribution >= 0.6 is 0 Å².